The molecule has 0 N–H and O–H groups in total. The Hall–Kier alpha value is -0.880. The molecule has 1 aromatic rings. The van der Waals surface area contributed by atoms with Crippen molar-refractivity contribution in [3.63, 3.8) is 0 Å². The van der Waals surface area contributed by atoms with Crippen LogP contribution in [0.5, 0.6) is 5.88 Å². The molecular formula is C10H16BrN3O2. The molecule has 0 aliphatic heterocycles. The van der Waals surface area contributed by atoms with Crippen LogP contribution in [0, 0.1) is 0 Å². The smallest absolute Gasteiger partial charge is 0.232 e. The number of likely N-dealkylation sites (N-methyl/N-ethyl adjacent to an activating group) is 1. The molecule has 1 heterocycles. The van der Waals surface area contributed by atoms with Gasteiger partial charge in [-0.15, -0.1) is 0 Å². The van der Waals surface area contributed by atoms with Gasteiger partial charge in [0.15, 0.2) is 0 Å². The molecule has 0 fully saturated rings. The van der Waals surface area contributed by atoms with E-state index in [0.717, 1.165) is 4.47 Å². The van der Waals surface area contributed by atoms with Crippen LogP contribution in [0.2, 0.25) is 0 Å². The quantitative estimate of drug-likeness (QED) is 0.826. The van der Waals surface area contributed by atoms with Crippen molar-refractivity contribution in [2.24, 2.45) is 0 Å². The lowest BCUT2D eigenvalue weighted by Crippen LogP contribution is -2.33. The van der Waals surface area contributed by atoms with Gasteiger partial charge < -0.3 is 14.4 Å². The standard InChI is InChI=1S/C10H16BrN3O2/c1-7(6-15-3)14(2)10-12-5-8(11)9(13-10)16-4/h5,7H,6H2,1-4H3. The SMILES string of the molecule is COCC(C)N(C)c1ncc(Br)c(OC)n1. The first kappa shape index (κ1) is 13.2. The molecule has 0 amide bonds. The van der Waals surface area contributed by atoms with Crippen molar-refractivity contribution < 1.29 is 9.47 Å². The summed E-state index contributed by atoms with van der Waals surface area (Å²) in [6.07, 6.45) is 1.68. The third kappa shape index (κ3) is 3.05. The molecule has 1 aromatic heterocycles. The largest absolute Gasteiger partial charge is 0.480 e. The minimum Gasteiger partial charge on any atom is -0.480 e. The topological polar surface area (TPSA) is 47.5 Å². The highest BCUT2D eigenvalue weighted by Crippen LogP contribution is 2.23. The molecule has 0 radical (unpaired) electrons. The van der Waals surface area contributed by atoms with Crippen molar-refractivity contribution in [3.05, 3.63) is 10.7 Å². The summed E-state index contributed by atoms with van der Waals surface area (Å²) in [5.41, 5.74) is 0. The second-order valence-corrected chi connectivity index (χ2v) is 4.30. The lowest BCUT2D eigenvalue weighted by atomic mass is 10.3. The molecule has 0 aliphatic carbocycles. The van der Waals surface area contributed by atoms with Crippen LogP contribution in [-0.2, 0) is 4.74 Å². The number of anilines is 1. The maximum Gasteiger partial charge on any atom is 0.232 e. The summed E-state index contributed by atoms with van der Waals surface area (Å²) >= 11 is 3.31. The molecular weight excluding hydrogens is 274 g/mol. The van der Waals surface area contributed by atoms with E-state index in [4.69, 9.17) is 9.47 Å². The van der Waals surface area contributed by atoms with Gasteiger partial charge in [-0.3, -0.25) is 0 Å². The predicted octanol–water partition coefficient (Wildman–Crippen LogP) is 1.72. The third-order valence-corrected chi connectivity index (χ3v) is 2.82. The molecule has 0 aliphatic rings. The second-order valence-electron chi connectivity index (χ2n) is 3.44. The van der Waals surface area contributed by atoms with Gasteiger partial charge in [0.05, 0.1) is 30.4 Å². The number of aromatic nitrogens is 2. The summed E-state index contributed by atoms with van der Waals surface area (Å²) in [5.74, 6) is 1.14. The van der Waals surface area contributed by atoms with Crippen molar-refractivity contribution in [2.45, 2.75) is 13.0 Å². The molecule has 6 heteroatoms. The number of hydrogen-bond donors (Lipinski definition) is 0. The fourth-order valence-corrected chi connectivity index (χ4v) is 1.56. The van der Waals surface area contributed by atoms with Crippen LogP contribution in [0.3, 0.4) is 0 Å². The summed E-state index contributed by atoms with van der Waals surface area (Å²) < 4.78 is 11.0. The normalized spacial score (nSPS) is 12.3. The summed E-state index contributed by atoms with van der Waals surface area (Å²) in [4.78, 5) is 10.4. The summed E-state index contributed by atoms with van der Waals surface area (Å²) in [5, 5.41) is 0. The number of rotatable bonds is 5. The fourth-order valence-electron chi connectivity index (χ4n) is 1.21. The lowest BCUT2D eigenvalue weighted by Gasteiger charge is -2.24. The molecule has 16 heavy (non-hydrogen) atoms. The Bertz CT molecular complexity index is 349. The molecule has 1 rings (SSSR count). The van der Waals surface area contributed by atoms with E-state index >= 15 is 0 Å². The first-order chi connectivity index (χ1) is 7.60. The molecule has 0 saturated heterocycles. The van der Waals surface area contributed by atoms with E-state index in [2.05, 4.69) is 25.9 Å². The maximum absolute atomic E-state index is 5.12. The Morgan fingerprint density at radius 1 is 1.50 bits per heavy atom. The minimum absolute atomic E-state index is 0.205. The minimum atomic E-state index is 0.205. The van der Waals surface area contributed by atoms with Crippen LogP contribution in [-0.4, -0.2) is 43.9 Å². The van der Waals surface area contributed by atoms with Gasteiger partial charge in [-0.05, 0) is 22.9 Å². The van der Waals surface area contributed by atoms with Crippen LogP contribution < -0.4 is 9.64 Å². The van der Waals surface area contributed by atoms with Gasteiger partial charge >= 0.3 is 0 Å². The van der Waals surface area contributed by atoms with Crippen molar-refractivity contribution >= 4 is 21.9 Å². The van der Waals surface area contributed by atoms with E-state index in [1.807, 2.05) is 18.9 Å². The van der Waals surface area contributed by atoms with Gasteiger partial charge in [-0.25, -0.2) is 4.98 Å². The van der Waals surface area contributed by atoms with Crippen LogP contribution in [0.25, 0.3) is 0 Å². The Balaban J connectivity index is 2.87. The molecule has 90 valence electrons. The highest BCUT2D eigenvalue weighted by Gasteiger charge is 2.14. The third-order valence-electron chi connectivity index (χ3n) is 2.28. The summed E-state index contributed by atoms with van der Waals surface area (Å²) in [7, 11) is 5.18. The van der Waals surface area contributed by atoms with E-state index in [9.17, 15) is 0 Å². The monoisotopic (exact) mass is 289 g/mol. The Kier molecular flexibility index (Phi) is 4.95. The van der Waals surface area contributed by atoms with E-state index in [-0.39, 0.29) is 6.04 Å². The van der Waals surface area contributed by atoms with Gasteiger partial charge in [0, 0.05) is 14.2 Å². The van der Waals surface area contributed by atoms with E-state index in [0.29, 0.717) is 18.4 Å². The van der Waals surface area contributed by atoms with E-state index in [1.165, 1.54) is 0 Å². The van der Waals surface area contributed by atoms with Gasteiger partial charge in [0.25, 0.3) is 0 Å². The van der Waals surface area contributed by atoms with Gasteiger partial charge in [-0.2, -0.15) is 4.98 Å². The Labute approximate surface area is 104 Å². The highest BCUT2D eigenvalue weighted by atomic mass is 79.9. The summed E-state index contributed by atoms with van der Waals surface area (Å²) in [6.45, 7) is 2.67. The number of halogens is 1. The lowest BCUT2D eigenvalue weighted by molar-refractivity contribution is 0.183. The number of ether oxygens (including phenoxy) is 2. The zero-order chi connectivity index (χ0) is 12.1. The fraction of sp³-hybridized carbons (Fsp3) is 0.600. The average Bonchev–Trinajstić information content (AvgIpc) is 2.29. The van der Waals surface area contributed by atoms with Crippen molar-refractivity contribution in [3.8, 4) is 5.88 Å². The zero-order valence-electron chi connectivity index (χ0n) is 9.90. The zero-order valence-corrected chi connectivity index (χ0v) is 11.5. The van der Waals surface area contributed by atoms with Crippen LogP contribution in [0.15, 0.2) is 10.7 Å². The first-order valence-electron chi connectivity index (χ1n) is 4.88. The maximum atomic E-state index is 5.12. The highest BCUT2D eigenvalue weighted by molar-refractivity contribution is 9.10. The molecule has 1 unspecified atom stereocenters. The van der Waals surface area contributed by atoms with E-state index in [1.54, 1.807) is 20.4 Å². The van der Waals surface area contributed by atoms with E-state index < -0.39 is 0 Å². The first-order valence-corrected chi connectivity index (χ1v) is 5.67. The molecule has 0 spiro atoms. The van der Waals surface area contributed by atoms with Gasteiger partial charge in [0.2, 0.25) is 11.8 Å². The predicted molar refractivity (Wildman–Crippen MR) is 66.0 cm³/mol. The molecule has 0 bridgehead atoms. The van der Waals surface area contributed by atoms with Crippen molar-refractivity contribution in [1.82, 2.24) is 9.97 Å². The van der Waals surface area contributed by atoms with Crippen molar-refractivity contribution in [2.75, 3.05) is 32.8 Å². The van der Waals surface area contributed by atoms with Crippen LogP contribution in [0.4, 0.5) is 5.95 Å². The number of methoxy groups -OCH3 is 2. The average molecular weight is 290 g/mol. The molecule has 0 aromatic carbocycles. The molecule has 1 atom stereocenters. The summed E-state index contributed by atoms with van der Waals surface area (Å²) in [6, 6.07) is 0.205. The Morgan fingerprint density at radius 3 is 2.75 bits per heavy atom. The number of hydrogen-bond acceptors (Lipinski definition) is 5. The van der Waals surface area contributed by atoms with Crippen LogP contribution in [0.1, 0.15) is 6.92 Å². The second kappa shape index (κ2) is 6.00. The van der Waals surface area contributed by atoms with Crippen molar-refractivity contribution in [1.29, 1.82) is 0 Å². The van der Waals surface area contributed by atoms with Gasteiger partial charge in [0.1, 0.15) is 0 Å². The molecule has 5 nitrogen and oxygen atoms in total. The van der Waals surface area contributed by atoms with Gasteiger partial charge in [-0.1, -0.05) is 0 Å². The number of nitrogens with zero attached hydrogens (tertiary/aromatic N) is 3. The van der Waals surface area contributed by atoms with Crippen LogP contribution >= 0.6 is 15.9 Å². The molecule has 0 saturated carbocycles. The Morgan fingerprint density at radius 2 is 2.19 bits per heavy atom.